The summed E-state index contributed by atoms with van der Waals surface area (Å²) in [4.78, 5) is 2.49. The minimum absolute atomic E-state index is 0.950. The zero-order valence-corrected chi connectivity index (χ0v) is 18.5. The summed E-state index contributed by atoms with van der Waals surface area (Å²) in [5.74, 6) is 0. The van der Waals surface area contributed by atoms with Gasteiger partial charge in [-0.2, -0.15) is 4.57 Å². The van der Waals surface area contributed by atoms with Gasteiger partial charge in [0.05, 0.1) is 6.54 Å². The van der Waals surface area contributed by atoms with E-state index in [1.54, 1.807) is 0 Å². The van der Waals surface area contributed by atoms with Crippen LogP contribution in [-0.4, -0.2) is 24.5 Å². The minimum Gasteiger partial charge on any atom is -0.298 e. The molecule has 0 atom stereocenters. The third kappa shape index (κ3) is 4.92. The van der Waals surface area contributed by atoms with Crippen molar-refractivity contribution in [3.8, 4) is 33.6 Å². The third-order valence-corrected chi connectivity index (χ3v) is 5.95. The molecule has 3 aromatic carbocycles. The first kappa shape index (κ1) is 21.0. The summed E-state index contributed by atoms with van der Waals surface area (Å²) in [5.41, 5.74) is 7.50. The fourth-order valence-corrected chi connectivity index (χ4v) is 4.14. The van der Waals surface area contributed by atoms with Crippen molar-refractivity contribution in [3.63, 3.8) is 0 Å². The van der Waals surface area contributed by atoms with Crippen molar-refractivity contribution in [2.45, 2.75) is 20.4 Å². The molecule has 1 aromatic heterocycles. The number of hydrogen-bond acceptors (Lipinski definition) is 1. The molecule has 0 aliphatic heterocycles. The summed E-state index contributed by atoms with van der Waals surface area (Å²) in [6, 6.07) is 36.9. The summed E-state index contributed by atoms with van der Waals surface area (Å²) in [7, 11) is 0. The highest BCUT2D eigenvalue weighted by Crippen LogP contribution is 2.29. The van der Waals surface area contributed by atoms with Gasteiger partial charge in [-0.25, -0.2) is 0 Å². The van der Waals surface area contributed by atoms with Crippen LogP contribution >= 0.6 is 0 Å². The minimum atomic E-state index is 0.950. The fourth-order valence-electron chi connectivity index (χ4n) is 4.14. The number of likely N-dealkylation sites (N-methyl/N-ethyl adjacent to an activating group) is 1. The Morgan fingerprint density at radius 2 is 0.968 bits per heavy atom. The first-order chi connectivity index (χ1) is 15.3. The van der Waals surface area contributed by atoms with Gasteiger partial charge in [0.25, 0.3) is 0 Å². The van der Waals surface area contributed by atoms with Crippen LogP contribution in [-0.2, 0) is 6.54 Å². The highest BCUT2D eigenvalue weighted by atomic mass is 15.1. The van der Waals surface area contributed by atoms with Crippen LogP contribution in [0.5, 0.6) is 0 Å². The van der Waals surface area contributed by atoms with Gasteiger partial charge in [0.15, 0.2) is 6.54 Å². The van der Waals surface area contributed by atoms with Gasteiger partial charge in [-0.05, 0) is 48.5 Å². The van der Waals surface area contributed by atoms with E-state index in [-0.39, 0.29) is 0 Å². The van der Waals surface area contributed by atoms with Crippen molar-refractivity contribution in [2.24, 2.45) is 0 Å². The lowest BCUT2D eigenvalue weighted by molar-refractivity contribution is -0.675. The van der Waals surface area contributed by atoms with Gasteiger partial charge in [0.2, 0.25) is 11.4 Å². The molecule has 0 radical (unpaired) electrons. The second-order valence-corrected chi connectivity index (χ2v) is 7.79. The Labute approximate surface area is 186 Å². The summed E-state index contributed by atoms with van der Waals surface area (Å²) >= 11 is 0. The van der Waals surface area contributed by atoms with Crippen LogP contribution in [0.2, 0.25) is 0 Å². The van der Waals surface area contributed by atoms with Crippen molar-refractivity contribution in [1.29, 1.82) is 0 Å². The van der Waals surface area contributed by atoms with Crippen LogP contribution in [0.25, 0.3) is 33.6 Å². The van der Waals surface area contributed by atoms with Gasteiger partial charge in [-0.1, -0.05) is 80.6 Å². The van der Waals surface area contributed by atoms with Gasteiger partial charge < -0.3 is 0 Å². The zero-order chi connectivity index (χ0) is 21.5. The second kappa shape index (κ2) is 10.2. The van der Waals surface area contributed by atoms with Gasteiger partial charge in [0, 0.05) is 23.3 Å². The molecule has 4 rings (SSSR count). The van der Waals surface area contributed by atoms with Crippen molar-refractivity contribution in [1.82, 2.24) is 4.90 Å². The molecule has 0 saturated heterocycles. The van der Waals surface area contributed by atoms with E-state index >= 15 is 0 Å². The van der Waals surface area contributed by atoms with E-state index in [9.17, 15) is 0 Å². The molecule has 0 aliphatic carbocycles. The van der Waals surface area contributed by atoms with Gasteiger partial charge in [-0.15, -0.1) is 0 Å². The standard InChI is InChI=1S/C29H31N2/c1-3-30(4-2)20-21-31-28(25-16-10-6-11-17-25)22-27(24-14-8-5-9-15-24)23-29(31)26-18-12-7-13-19-26/h5-19,22-23H,3-4,20-21H2,1-2H3/q+1. The average Bonchev–Trinajstić information content (AvgIpc) is 2.86. The molecule has 0 unspecified atom stereocenters. The van der Waals surface area contributed by atoms with E-state index < -0.39 is 0 Å². The molecule has 156 valence electrons. The van der Waals surface area contributed by atoms with Crippen LogP contribution in [0.4, 0.5) is 0 Å². The van der Waals surface area contributed by atoms with Crippen LogP contribution < -0.4 is 4.57 Å². The van der Waals surface area contributed by atoms with Gasteiger partial charge >= 0.3 is 0 Å². The van der Waals surface area contributed by atoms with Crippen molar-refractivity contribution in [2.75, 3.05) is 19.6 Å². The third-order valence-electron chi connectivity index (χ3n) is 5.95. The largest absolute Gasteiger partial charge is 0.298 e. The lowest BCUT2D eigenvalue weighted by Crippen LogP contribution is -2.44. The fraction of sp³-hybridized carbons (Fsp3) is 0.207. The molecule has 0 aliphatic rings. The predicted molar refractivity (Wildman–Crippen MR) is 131 cm³/mol. The van der Waals surface area contributed by atoms with Crippen LogP contribution in [0, 0.1) is 0 Å². The van der Waals surface area contributed by atoms with Gasteiger partial charge in [0.1, 0.15) is 0 Å². The molecule has 1 heterocycles. The SMILES string of the molecule is CCN(CC)CC[n+]1c(-c2ccccc2)cc(-c2ccccc2)cc1-c1ccccc1. The maximum absolute atomic E-state index is 2.50. The number of benzene rings is 3. The molecule has 4 aromatic rings. The number of aromatic nitrogens is 1. The monoisotopic (exact) mass is 407 g/mol. The van der Waals surface area contributed by atoms with Crippen LogP contribution in [0.1, 0.15) is 13.8 Å². The quantitative estimate of drug-likeness (QED) is 0.310. The zero-order valence-electron chi connectivity index (χ0n) is 18.5. The van der Waals surface area contributed by atoms with Crippen molar-refractivity contribution >= 4 is 0 Å². The Bertz CT molecular complexity index is 1020. The number of nitrogens with zero attached hydrogens (tertiary/aromatic N) is 2. The molecule has 0 saturated carbocycles. The van der Waals surface area contributed by atoms with Crippen LogP contribution in [0.3, 0.4) is 0 Å². The molecule has 0 bridgehead atoms. The number of hydrogen-bond donors (Lipinski definition) is 0. The van der Waals surface area contributed by atoms with E-state index in [1.165, 1.54) is 33.6 Å². The molecule has 31 heavy (non-hydrogen) atoms. The van der Waals surface area contributed by atoms with E-state index in [1.807, 2.05) is 0 Å². The Morgan fingerprint density at radius 3 is 1.39 bits per heavy atom. The highest BCUT2D eigenvalue weighted by Gasteiger charge is 2.23. The van der Waals surface area contributed by atoms with Gasteiger partial charge in [-0.3, -0.25) is 4.90 Å². The topological polar surface area (TPSA) is 7.12 Å². The smallest absolute Gasteiger partial charge is 0.213 e. The number of pyridine rings is 1. The summed E-state index contributed by atoms with van der Waals surface area (Å²) in [6.07, 6.45) is 0. The molecule has 2 heteroatoms. The molecule has 0 spiro atoms. The molecule has 2 nitrogen and oxygen atoms in total. The number of rotatable bonds is 8. The summed E-state index contributed by atoms with van der Waals surface area (Å²) < 4.78 is 2.50. The first-order valence-corrected chi connectivity index (χ1v) is 11.3. The van der Waals surface area contributed by atoms with E-state index in [0.29, 0.717) is 0 Å². The highest BCUT2D eigenvalue weighted by molar-refractivity contribution is 5.73. The second-order valence-electron chi connectivity index (χ2n) is 7.79. The molecular weight excluding hydrogens is 376 g/mol. The lowest BCUT2D eigenvalue weighted by atomic mass is 9.99. The van der Waals surface area contributed by atoms with Crippen molar-refractivity contribution in [3.05, 3.63) is 103 Å². The summed E-state index contributed by atoms with van der Waals surface area (Å²) in [6.45, 7) is 8.60. The maximum Gasteiger partial charge on any atom is 0.213 e. The van der Waals surface area contributed by atoms with Crippen LogP contribution in [0.15, 0.2) is 103 Å². The first-order valence-electron chi connectivity index (χ1n) is 11.3. The Hall–Kier alpha value is -3.23. The Balaban J connectivity index is 1.93. The molecule has 0 fully saturated rings. The Morgan fingerprint density at radius 1 is 0.548 bits per heavy atom. The average molecular weight is 408 g/mol. The van der Waals surface area contributed by atoms with E-state index in [2.05, 4.69) is 126 Å². The van der Waals surface area contributed by atoms with E-state index in [0.717, 1.165) is 26.2 Å². The lowest BCUT2D eigenvalue weighted by Gasteiger charge is -2.18. The summed E-state index contributed by atoms with van der Waals surface area (Å²) in [5, 5.41) is 0. The predicted octanol–water partition coefficient (Wildman–Crippen LogP) is 6.32. The Kier molecular flexibility index (Phi) is 6.91. The molecular formula is C29H31N2+. The van der Waals surface area contributed by atoms with Crippen molar-refractivity contribution < 1.29 is 4.57 Å². The van der Waals surface area contributed by atoms with E-state index in [4.69, 9.17) is 0 Å². The molecule has 0 amide bonds. The normalized spacial score (nSPS) is 11.1. The maximum atomic E-state index is 2.50. The molecule has 0 N–H and O–H groups in total.